The molecule has 7 nitrogen and oxygen atoms in total. The molecule has 1 aromatic carbocycles. The van der Waals surface area contributed by atoms with E-state index in [0.29, 0.717) is 0 Å². The Labute approximate surface area is 150 Å². The van der Waals surface area contributed by atoms with Gasteiger partial charge >= 0.3 is 21.7 Å². The number of nitrogens with zero attached hydrogens (tertiary/aromatic N) is 1. The van der Waals surface area contributed by atoms with E-state index in [1.807, 2.05) is 0 Å². The van der Waals surface area contributed by atoms with Crippen molar-refractivity contribution >= 4 is 22.0 Å². The van der Waals surface area contributed by atoms with E-state index in [1.165, 1.54) is 0 Å². The Morgan fingerprint density at radius 1 is 1.26 bits per heavy atom. The molecule has 0 aliphatic carbocycles. The van der Waals surface area contributed by atoms with Crippen molar-refractivity contribution in [3.63, 3.8) is 0 Å². The zero-order valence-electron chi connectivity index (χ0n) is 13.5. The summed E-state index contributed by atoms with van der Waals surface area (Å²) in [6, 6.07) is 2.86. The lowest BCUT2D eigenvalue weighted by molar-refractivity contribution is -0.0511. The maximum Gasteiger partial charge on any atom is 0.534 e. The SMILES string of the molecule is O=C(O)N1CCC2(C=C(OS(=O)(=O)C(F)(F)F)c3ccc(F)cc3O2)CC1. The molecule has 2 aliphatic heterocycles. The van der Waals surface area contributed by atoms with Gasteiger partial charge in [-0.2, -0.15) is 21.6 Å². The fraction of sp³-hybridized carbons (Fsp3) is 0.400. The molecule has 1 aromatic rings. The largest absolute Gasteiger partial charge is 0.534 e. The predicted molar refractivity (Wildman–Crippen MR) is 82.6 cm³/mol. The first-order valence-corrected chi connectivity index (χ1v) is 9.04. The van der Waals surface area contributed by atoms with Crippen LogP contribution in [-0.2, 0) is 14.3 Å². The average Bonchev–Trinajstić information content (AvgIpc) is 2.53. The van der Waals surface area contributed by atoms with Crippen molar-refractivity contribution < 1.29 is 44.8 Å². The van der Waals surface area contributed by atoms with Crippen LogP contribution in [0.1, 0.15) is 18.4 Å². The number of rotatable bonds is 2. The number of piperidine rings is 1. The quantitative estimate of drug-likeness (QED) is 0.457. The Morgan fingerprint density at radius 2 is 1.89 bits per heavy atom. The third-order valence-electron chi connectivity index (χ3n) is 4.28. The van der Waals surface area contributed by atoms with E-state index in [-0.39, 0.29) is 37.2 Å². The summed E-state index contributed by atoms with van der Waals surface area (Å²) in [5.74, 6) is -1.57. The number of alkyl halides is 3. The van der Waals surface area contributed by atoms with E-state index in [4.69, 9.17) is 9.84 Å². The number of amides is 1. The second kappa shape index (κ2) is 6.29. The van der Waals surface area contributed by atoms with Gasteiger partial charge in [0.1, 0.15) is 17.2 Å². The van der Waals surface area contributed by atoms with Crippen molar-refractivity contribution in [2.24, 2.45) is 0 Å². The van der Waals surface area contributed by atoms with Gasteiger partial charge in [-0.3, -0.25) is 0 Å². The lowest BCUT2D eigenvalue weighted by Crippen LogP contribution is -2.49. The van der Waals surface area contributed by atoms with Crippen molar-refractivity contribution in [2.75, 3.05) is 13.1 Å². The van der Waals surface area contributed by atoms with Gasteiger partial charge in [0.25, 0.3) is 0 Å². The summed E-state index contributed by atoms with van der Waals surface area (Å²) in [5.41, 5.74) is -7.12. The van der Waals surface area contributed by atoms with E-state index in [2.05, 4.69) is 4.18 Å². The van der Waals surface area contributed by atoms with E-state index < -0.39 is 38.9 Å². The number of ether oxygens (including phenoxy) is 1. The van der Waals surface area contributed by atoms with Gasteiger partial charge in [-0.25, -0.2) is 9.18 Å². The molecule has 1 N–H and O–H groups in total. The highest BCUT2D eigenvalue weighted by molar-refractivity contribution is 7.87. The zero-order chi connectivity index (χ0) is 20.0. The minimum Gasteiger partial charge on any atom is -0.482 e. The molecule has 0 radical (unpaired) electrons. The summed E-state index contributed by atoms with van der Waals surface area (Å²) in [7, 11) is -5.95. The first kappa shape index (κ1) is 19.3. The number of fused-ring (bicyclic) bond motifs is 1. The van der Waals surface area contributed by atoms with Crippen molar-refractivity contribution in [1.29, 1.82) is 0 Å². The van der Waals surface area contributed by atoms with Crippen LogP contribution in [0, 0.1) is 5.82 Å². The van der Waals surface area contributed by atoms with Gasteiger partial charge in [0, 0.05) is 38.1 Å². The van der Waals surface area contributed by atoms with Crippen LogP contribution < -0.4 is 4.74 Å². The number of hydrogen-bond donors (Lipinski definition) is 1. The molecule has 1 spiro atoms. The van der Waals surface area contributed by atoms with Gasteiger partial charge in [0.2, 0.25) is 0 Å². The normalized spacial score (nSPS) is 19.1. The molecule has 27 heavy (non-hydrogen) atoms. The monoisotopic (exact) mass is 411 g/mol. The highest BCUT2D eigenvalue weighted by Crippen LogP contribution is 2.43. The summed E-state index contributed by atoms with van der Waals surface area (Å²) >= 11 is 0. The van der Waals surface area contributed by atoms with E-state index in [9.17, 15) is 30.8 Å². The summed E-state index contributed by atoms with van der Waals surface area (Å²) in [5, 5.41) is 9.00. The third kappa shape index (κ3) is 3.66. The number of benzene rings is 1. The van der Waals surface area contributed by atoms with Crippen LogP contribution in [0.15, 0.2) is 24.3 Å². The predicted octanol–water partition coefficient (Wildman–Crippen LogP) is 2.94. The Bertz CT molecular complexity index is 903. The number of carboxylic acid groups (broad SMARTS) is 1. The second-order valence-corrected chi connectivity index (χ2v) is 7.61. The molecule has 0 saturated carbocycles. The summed E-state index contributed by atoms with van der Waals surface area (Å²) in [6.07, 6.45) is -0.0508. The smallest absolute Gasteiger partial charge is 0.482 e. The van der Waals surface area contributed by atoms with Crippen LogP contribution in [0.5, 0.6) is 5.75 Å². The van der Waals surface area contributed by atoms with Crippen molar-refractivity contribution in [1.82, 2.24) is 4.90 Å². The van der Waals surface area contributed by atoms with Gasteiger partial charge in [-0.1, -0.05) is 0 Å². The molecule has 1 saturated heterocycles. The lowest BCUT2D eigenvalue weighted by atomic mass is 9.87. The van der Waals surface area contributed by atoms with E-state index in [0.717, 1.165) is 29.2 Å². The lowest BCUT2D eigenvalue weighted by Gasteiger charge is -2.41. The molecule has 2 aliphatic rings. The standard InChI is InChI=1S/C15H13F4NO6S/c16-9-1-2-10-11(7-9)25-14(3-5-20(6-4-14)13(21)22)8-12(10)26-27(23,24)15(17,18)19/h1-2,7-8H,3-6H2,(H,21,22). The fourth-order valence-corrected chi connectivity index (χ4v) is 3.38. The highest BCUT2D eigenvalue weighted by Gasteiger charge is 2.50. The van der Waals surface area contributed by atoms with Crippen molar-refractivity contribution in [3.8, 4) is 5.75 Å². The van der Waals surface area contributed by atoms with E-state index >= 15 is 0 Å². The number of halogens is 4. The highest BCUT2D eigenvalue weighted by atomic mass is 32.2. The van der Waals surface area contributed by atoms with Crippen LogP contribution in [-0.4, -0.2) is 48.7 Å². The molecule has 0 bridgehead atoms. The molecular formula is C15H13F4NO6S. The van der Waals surface area contributed by atoms with Crippen molar-refractivity contribution in [2.45, 2.75) is 24.0 Å². The van der Waals surface area contributed by atoms with Gasteiger partial charge in [-0.05, 0) is 12.1 Å². The van der Waals surface area contributed by atoms with E-state index in [1.54, 1.807) is 0 Å². The number of carbonyl (C=O) groups is 1. The molecule has 148 valence electrons. The number of hydrogen-bond acceptors (Lipinski definition) is 5. The summed E-state index contributed by atoms with van der Waals surface area (Å²) in [4.78, 5) is 12.1. The van der Waals surface area contributed by atoms with Gasteiger partial charge in [0.15, 0.2) is 5.76 Å². The Kier molecular flexibility index (Phi) is 4.49. The first-order chi connectivity index (χ1) is 12.4. The molecule has 0 aromatic heterocycles. The average molecular weight is 411 g/mol. The maximum atomic E-state index is 13.5. The second-order valence-electron chi connectivity index (χ2n) is 6.07. The third-order valence-corrected chi connectivity index (χ3v) is 5.25. The summed E-state index contributed by atoms with van der Waals surface area (Å²) < 4.78 is 84.5. The number of likely N-dealkylation sites (tertiary alicyclic amines) is 1. The van der Waals surface area contributed by atoms with Gasteiger partial charge in [-0.15, -0.1) is 0 Å². The van der Waals surface area contributed by atoms with Crippen molar-refractivity contribution in [3.05, 3.63) is 35.7 Å². The molecule has 12 heteroatoms. The zero-order valence-corrected chi connectivity index (χ0v) is 14.3. The molecule has 1 amide bonds. The van der Waals surface area contributed by atoms with Crippen LogP contribution in [0.4, 0.5) is 22.4 Å². The Morgan fingerprint density at radius 3 is 2.44 bits per heavy atom. The molecule has 0 atom stereocenters. The fourth-order valence-electron chi connectivity index (χ4n) is 2.91. The molecular weight excluding hydrogens is 398 g/mol. The topological polar surface area (TPSA) is 93.1 Å². The maximum absolute atomic E-state index is 13.5. The molecule has 3 rings (SSSR count). The first-order valence-electron chi connectivity index (χ1n) is 7.63. The molecule has 2 heterocycles. The van der Waals surface area contributed by atoms with Crippen LogP contribution in [0.3, 0.4) is 0 Å². The molecule has 0 unspecified atom stereocenters. The van der Waals surface area contributed by atoms with Crippen LogP contribution in [0.2, 0.25) is 0 Å². The minimum absolute atomic E-state index is 0.00418. The summed E-state index contributed by atoms with van der Waals surface area (Å²) in [6.45, 7) is -0.00837. The Balaban J connectivity index is 2.00. The van der Waals surface area contributed by atoms with Crippen LogP contribution >= 0.6 is 0 Å². The Hall–Kier alpha value is -2.50. The van der Waals surface area contributed by atoms with Gasteiger partial charge < -0.3 is 18.9 Å². The van der Waals surface area contributed by atoms with Crippen LogP contribution in [0.25, 0.3) is 5.76 Å². The minimum atomic E-state index is -5.95. The molecule has 1 fully saturated rings. The van der Waals surface area contributed by atoms with Gasteiger partial charge in [0.05, 0.1) is 5.56 Å².